The SMILES string of the molecule is O=S1(=O)C[C@H](N=C=S)[C@@H](Cl)C1. The molecule has 62 valence electrons. The summed E-state index contributed by atoms with van der Waals surface area (Å²) in [6.45, 7) is 0. The van der Waals surface area contributed by atoms with Gasteiger partial charge in [-0.25, -0.2) is 13.4 Å². The predicted octanol–water partition coefficient (Wildman–Crippen LogP) is 0.494. The van der Waals surface area contributed by atoms with E-state index in [9.17, 15) is 8.42 Å². The van der Waals surface area contributed by atoms with E-state index in [-0.39, 0.29) is 17.5 Å². The lowest BCUT2D eigenvalue weighted by Crippen LogP contribution is -2.15. The Labute approximate surface area is 75.4 Å². The number of hydrogen-bond acceptors (Lipinski definition) is 4. The van der Waals surface area contributed by atoms with Gasteiger partial charge in [-0.3, -0.25) is 0 Å². The zero-order valence-corrected chi connectivity index (χ0v) is 7.92. The third kappa shape index (κ3) is 2.24. The van der Waals surface area contributed by atoms with Gasteiger partial charge in [0, 0.05) is 0 Å². The van der Waals surface area contributed by atoms with Crippen LogP contribution in [0.15, 0.2) is 4.99 Å². The number of thiocarbonyl (C=S) groups is 1. The molecule has 1 rings (SSSR count). The van der Waals surface area contributed by atoms with Gasteiger partial charge in [-0.1, -0.05) is 0 Å². The summed E-state index contributed by atoms with van der Waals surface area (Å²) in [6.07, 6.45) is 0. The van der Waals surface area contributed by atoms with Crippen LogP contribution in [0, 0.1) is 0 Å². The highest BCUT2D eigenvalue weighted by molar-refractivity contribution is 7.91. The van der Waals surface area contributed by atoms with Crippen LogP contribution < -0.4 is 0 Å². The highest BCUT2D eigenvalue weighted by Gasteiger charge is 2.36. The fourth-order valence-electron chi connectivity index (χ4n) is 0.972. The average molecular weight is 212 g/mol. The van der Waals surface area contributed by atoms with Gasteiger partial charge in [0.1, 0.15) is 0 Å². The number of sulfone groups is 1. The maximum atomic E-state index is 10.9. The van der Waals surface area contributed by atoms with Gasteiger partial charge in [0.05, 0.1) is 28.1 Å². The van der Waals surface area contributed by atoms with Gasteiger partial charge in [0.15, 0.2) is 9.84 Å². The molecule has 0 aromatic heterocycles. The summed E-state index contributed by atoms with van der Waals surface area (Å²) in [5.41, 5.74) is 0. The summed E-state index contributed by atoms with van der Waals surface area (Å²) in [6, 6.07) is -0.390. The molecule has 0 aromatic rings. The lowest BCUT2D eigenvalue weighted by Gasteiger charge is -2.00. The molecule has 1 saturated heterocycles. The van der Waals surface area contributed by atoms with E-state index in [0.717, 1.165) is 0 Å². The van der Waals surface area contributed by atoms with Crippen LogP contribution in [-0.4, -0.2) is 36.5 Å². The van der Waals surface area contributed by atoms with Crippen molar-refractivity contribution >= 4 is 38.8 Å². The molecule has 3 nitrogen and oxygen atoms in total. The Balaban J connectivity index is 2.82. The van der Waals surface area contributed by atoms with Crippen molar-refractivity contribution in [1.29, 1.82) is 0 Å². The van der Waals surface area contributed by atoms with E-state index < -0.39 is 15.2 Å². The minimum atomic E-state index is -2.98. The molecule has 0 radical (unpaired) electrons. The van der Waals surface area contributed by atoms with Crippen molar-refractivity contribution < 1.29 is 8.42 Å². The molecule has 1 fully saturated rings. The van der Waals surface area contributed by atoms with Crippen molar-refractivity contribution in [2.45, 2.75) is 11.4 Å². The molecule has 0 amide bonds. The molecular formula is C5H6ClNO2S2. The molecular weight excluding hydrogens is 206 g/mol. The van der Waals surface area contributed by atoms with Crippen molar-refractivity contribution in [2.75, 3.05) is 11.5 Å². The molecule has 1 heterocycles. The van der Waals surface area contributed by atoms with E-state index in [2.05, 4.69) is 22.4 Å². The van der Waals surface area contributed by atoms with Crippen molar-refractivity contribution in [3.8, 4) is 0 Å². The van der Waals surface area contributed by atoms with Crippen LogP contribution in [0.2, 0.25) is 0 Å². The fourth-order valence-corrected chi connectivity index (χ4v) is 3.61. The number of isothiocyanates is 1. The number of aliphatic imine (C=N–C) groups is 1. The zero-order valence-electron chi connectivity index (χ0n) is 5.53. The highest BCUT2D eigenvalue weighted by atomic mass is 35.5. The minimum absolute atomic E-state index is 0.000262. The molecule has 0 aromatic carbocycles. The molecule has 0 unspecified atom stereocenters. The lowest BCUT2D eigenvalue weighted by atomic mass is 10.3. The van der Waals surface area contributed by atoms with Crippen LogP contribution in [0.25, 0.3) is 0 Å². The third-order valence-electron chi connectivity index (χ3n) is 1.47. The monoisotopic (exact) mass is 211 g/mol. The first-order valence-corrected chi connectivity index (χ1v) is 5.63. The Kier molecular flexibility index (Phi) is 2.65. The lowest BCUT2D eigenvalue weighted by molar-refractivity contribution is 0.601. The Morgan fingerprint density at radius 2 is 2.18 bits per heavy atom. The van der Waals surface area contributed by atoms with Crippen LogP contribution >= 0.6 is 23.8 Å². The minimum Gasteiger partial charge on any atom is -0.229 e. The molecule has 0 N–H and O–H groups in total. The summed E-state index contributed by atoms with van der Waals surface area (Å²) in [4.78, 5) is 3.65. The van der Waals surface area contributed by atoms with Gasteiger partial charge < -0.3 is 0 Å². The van der Waals surface area contributed by atoms with Gasteiger partial charge in [0.25, 0.3) is 0 Å². The van der Waals surface area contributed by atoms with Gasteiger partial charge in [-0.05, 0) is 12.2 Å². The first-order valence-electron chi connectivity index (χ1n) is 2.96. The van der Waals surface area contributed by atoms with Crippen LogP contribution in [0.1, 0.15) is 0 Å². The normalized spacial score (nSPS) is 34.6. The second-order valence-corrected chi connectivity index (χ2v) is 5.28. The number of alkyl halides is 1. The first kappa shape index (κ1) is 9.13. The number of hydrogen-bond donors (Lipinski definition) is 0. The Bertz CT molecular complexity index is 294. The quantitative estimate of drug-likeness (QED) is 0.360. The highest BCUT2D eigenvalue weighted by Crippen LogP contribution is 2.20. The summed E-state index contributed by atoms with van der Waals surface area (Å²) in [5, 5.41) is 1.70. The van der Waals surface area contributed by atoms with E-state index in [0.29, 0.717) is 0 Å². The molecule has 11 heavy (non-hydrogen) atoms. The molecule has 6 heteroatoms. The van der Waals surface area contributed by atoms with Crippen molar-refractivity contribution in [3.05, 3.63) is 0 Å². The summed E-state index contributed by atoms with van der Waals surface area (Å²) < 4.78 is 21.8. The van der Waals surface area contributed by atoms with Crippen molar-refractivity contribution in [3.63, 3.8) is 0 Å². The van der Waals surface area contributed by atoms with E-state index >= 15 is 0 Å². The Hall–Kier alpha value is 0.0400. The number of rotatable bonds is 1. The second kappa shape index (κ2) is 3.19. The van der Waals surface area contributed by atoms with Crippen LogP contribution in [0.5, 0.6) is 0 Å². The smallest absolute Gasteiger partial charge is 0.154 e. The molecule has 2 atom stereocenters. The van der Waals surface area contributed by atoms with E-state index in [4.69, 9.17) is 11.6 Å². The molecule has 0 bridgehead atoms. The predicted molar refractivity (Wildman–Crippen MR) is 47.1 cm³/mol. The molecule has 0 spiro atoms. The van der Waals surface area contributed by atoms with Gasteiger partial charge >= 0.3 is 0 Å². The number of halogens is 1. The molecule has 0 aliphatic carbocycles. The Morgan fingerprint density at radius 3 is 2.55 bits per heavy atom. The van der Waals surface area contributed by atoms with E-state index in [1.54, 1.807) is 0 Å². The summed E-state index contributed by atoms with van der Waals surface area (Å²) in [5.74, 6) is 0.00451. The first-order chi connectivity index (χ1) is 5.05. The van der Waals surface area contributed by atoms with Crippen molar-refractivity contribution in [2.24, 2.45) is 4.99 Å². The molecule has 1 aliphatic rings. The van der Waals surface area contributed by atoms with Gasteiger partial charge in [-0.15, -0.1) is 11.6 Å². The Morgan fingerprint density at radius 1 is 1.55 bits per heavy atom. The van der Waals surface area contributed by atoms with Crippen molar-refractivity contribution in [1.82, 2.24) is 0 Å². The maximum Gasteiger partial charge on any atom is 0.154 e. The topological polar surface area (TPSA) is 46.5 Å². The fraction of sp³-hybridized carbons (Fsp3) is 0.800. The maximum absolute atomic E-state index is 10.9. The average Bonchev–Trinajstić information content (AvgIpc) is 2.07. The molecule has 1 aliphatic heterocycles. The van der Waals surface area contributed by atoms with Gasteiger partial charge in [-0.2, -0.15) is 0 Å². The van der Waals surface area contributed by atoms with E-state index in [1.807, 2.05) is 0 Å². The summed E-state index contributed by atoms with van der Waals surface area (Å²) in [7, 11) is -2.98. The summed E-state index contributed by atoms with van der Waals surface area (Å²) >= 11 is 10.0. The van der Waals surface area contributed by atoms with Crippen LogP contribution in [0.3, 0.4) is 0 Å². The molecule has 0 saturated carbocycles. The number of nitrogens with zero attached hydrogens (tertiary/aromatic N) is 1. The standard InChI is InChI=1S/C5H6ClNO2S2/c6-4-1-11(8,9)2-5(4)7-3-10/h4-5H,1-2H2/t4-,5-/m0/s1. The van der Waals surface area contributed by atoms with Crippen LogP contribution in [-0.2, 0) is 9.84 Å². The third-order valence-corrected chi connectivity index (χ3v) is 3.92. The zero-order chi connectivity index (χ0) is 8.48. The van der Waals surface area contributed by atoms with Gasteiger partial charge in [0.2, 0.25) is 0 Å². The largest absolute Gasteiger partial charge is 0.229 e. The second-order valence-electron chi connectivity index (χ2n) is 2.38. The van der Waals surface area contributed by atoms with Crippen LogP contribution in [0.4, 0.5) is 0 Å². The van der Waals surface area contributed by atoms with E-state index in [1.165, 1.54) is 0 Å².